The highest BCUT2D eigenvalue weighted by molar-refractivity contribution is 5.73. The monoisotopic (exact) mass is 325 g/mol. The molecule has 23 heavy (non-hydrogen) atoms. The lowest BCUT2D eigenvalue weighted by Crippen LogP contribution is -2.40. The van der Waals surface area contributed by atoms with Crippen LogP contribution in [0, 0.1) is 0 Å². The molecule has 6 nitrogen and oxygen atoms in total. The van der Waals surface area contributed by atoms with Crippen LogP contribution in [0.15, 0.2) is 28.8 Å². The molecule has 0 fully saturated rings. The second-order valence-electron chi connectivity index (χ2n) is 5.53. The van der Waals surface area contributed by atoms with Crippen LogP contribution in [0.25, 0.3) is 0 Å². The SMILES string of the molecule is COc1ccc(C(F)(F)c2nc(C(C)(C)NC(C)=O)no2)cc1. The smallest absolute Gasteiger partial charge is 0.350 e. The average Bonchev–Trinajstić information content (AvgIpc) is 2.97. The van der Waals surface area contributed by atoms with Gasteiger partial charge in [0.05, 0.1) is 12.6 Å². The van der Waals surface area contributed by atoms with Crippen LogP contribution < -0.4 is 10.1 Å². The molecule has 1 aromatic heterocycles. The van der Waals surface area contributed by atoms with Gasteiger partial charge >= 0.3 is 11.8 Å². The second kappa shape index (κ2) is 5.94. The highest BCUT2D eigenvalue weighted by Gasteiger charge is 2.42. The molecule has 8 heteroatoms. The lowest BCUT2D eigenvalue weighted by atomic mass is 10.0. The predicted octanol–water partition coefficient (Wildman–Crippen LogP) is 2.59. The maximum Gasteiger partial charge on any atom is 0.350 e. The van der Waals surface area contributed by atoms with Crippen LogP contribution in [-0.2, 0) is 16.3 Å². The fourth-order valence-corrected chi connectivity index (χ4v) is 2.02. The molecule has 0 aliphatic heterocycles. The van der Waals surface area contributed by atoms with Crippen molar-refractivity contribution >= 4 is 5.91 Å². The molecular weight excluding hydrogens is 308 g/mol. The molecule has 2 aromatic rings. The molecule has 0 atom stereocenters. The molecular formula is C15H17F2N3O3. The van der Waals surface area contributed by atoms with Crippen LogP contribution >= 0.6 is 0 Å². The van der Waals surface area contributed by atoms with E-state index in [1.165, 1.54) is 38.3 Å². The number of halogens is 2. The average molecular weight is 325 g/mol. The molecule has 0 unspecified atom stereocenters. The lowest BCUT2D eigenvalue weighted by Gasteiger charge is -2.21. The van der Waals surface area contributed by atoms with Crippen molar-refractivity contribution < 1.29 is 22.8 Å². The van der Waals surface area contributed by atoms with E-state index < -0.39 is 17.4 Å². The summed E-state index contributed by atoms with van der Waals surface area (Å²) in [4.78, 5) is 14.9. The van der Waals surface area contributed by atoms with Crippen molar-refractivity contribution in [2.75, 3.05) is 7.11 Å². The number of carbonyl (C=O) groups excluding carboxylic acids is 1. The van der Waals surface area contributed by atoms with E-state index >= 15 is 0 Å². The maximum atomic E-state index is 14.5. The van der Waals surface area contributed by atoms with Crippen molar-refractivity contribution in [3.05, 3.63) is 41.5 Å². The zero-order valence-corrected chi connectivity index (χ0v) is 13.2. The lowest BCUT2D eigenvalue weighted by molar-refractivity contribution is -0.120. The van der Waals surface area contributed by atoms with Gasteiger partial charge in [-0.2, -0.15) is 13.8 Å². The van der Waals surface area contributed by atoms with Crippen LogP contribution in [0.4, 0.5) is 8.78 Å². The Bertz CT molecular complexity index is 696. The Kier molecular flexibility index (Phi) is 4.35. The van der Waals surface area contributed by atoms with Gasteiger partial charge in [0.15, 0.2) is 5.82 Å². The molecule has 0 aliphatic carbocycles. The van der Waals surface area contributed by atoms with Gasteiger partial charge in [-0.05, 0) is 38.1 Å². The molecule has 2 rings (SSSR count). The van der Waals surface area contributed by atoms with Crippen molar-refractivity contribution in [2.24, 2.45) is 0 Å². The van der Waals surface area contributed by atoms with E-state index in [9.17, 15) is 13.6 Å². The van der Waals surface area contributed by atoms with Gasteiger partial charge in [0.1, 0.15) is 5.75 Å². The quantitative estimate of drug-likeness (QED) is 0.914. The van der Waals surface area contributed by atoms with E-state index in [1.54, 1.807) is 13.8 Å². The van der Waals surface area contributed by atoms with E-state index in [0.717, 1.165) is 0 Å². The van der Waals surface area contributed by atoms with Gasteiger partial charge in [0.25, 0.3) is 0 Å². The van der Waals surface area contributed by atoms with E-state index in [0.29, 0.717) is 5.75 Å². The van der Waals surface area contributed by atoms with Crippen LogP contribution in [-0.4, -0.2) is 23.2 Å². The predicted molar refractivity (Wildman–Crippen MR) is 77.1 cm³/mol. The number of methoxy groups -OCH3 is 1. The number of hydrogen-bond donors (Lipinski definition) is 1. The van der Waals surface area contributed by atoms with Gasteiger partial charge < -0.3 is 14.6 Å². The zero-order chi connectivity index (χ0) is 17.3. The number of carbonyl (C=O) groups is 1. The van der Waals surface area contributed by atoms with Crippen molar-refractivity contribution in [1.29, 1.82) is 0 Å². The molecule has 0 aliphatic rings. The summed E-state index contributed by atoms with van der Waals surface area (Å²) >= 11 is 0. The Balaban J connectivity index is 2.32. The molecule has 0 radical (unpaired) electrons. The summed E-state index contributed by atoms with van der Waals surface area (Å²) in [5.41, 5.74) is -1.32. The third kappa shape index (κ3) is 3.46. The summed E-state index contributed by atoms with van der Waals surface area (Å²) in [6, 6.07) is 5.28. The van der Waals surface area contributed by atoms with E-state index in [4.69, 9.17) is 9.26 Å². The molecule has 1 amide bonds. The third-order valence-corrected chi connectivity index (χ3v) is 3.19. The number of aromatic nitrogens is 2. The number of alkyl halides is 2. The first-order valence-corrected chi connectivity index (χ1v) is 6.82. The number of nitrogens with zero attached hydrogens (tertiary/aromatic N) is 2. The Morgan fingerprint density at radius 3 is 2.39 bits per heavy atom. The molecule has 0 bridgehead atoms. The molecule has 1 aromatic carbocycles. The van der Waals surface area contributed by atoms with Crippen molar-refractivity contribution in [3.8, 4) is 5.75 Å². The van der Waals surface area contributed by atoms with Crippen LogP contribution in [0.2, 0.25) is 0 Å². The van der Waals surface area contributed by atoms with Crippen LogP contribution in [0.1, 0.15) is 38.0 Å². The summed E-state index contributed by atoms with van der Waals surface area (Å²) in [5, 5.41) is 6.13. The first kappa shape index (κ1) is 16.9. The van der Waals surface area contributed by atoms with Gasteiger partial charge in [0, 0.05) is 12.5 Å². The Morgan fingerprint density at radius 2 is 1.87 bits per heavy atom. The van der Waals surface area contributed by atoms with Gasteiger partial charge in [-0.25, -0.2) is 0 Å². The fraction of sp³-hybridized carbons (Fsp3) is 0.400. The number of benzene rings is 1. The molecule has 1 heterocycles. The van der Waals surface area contributed by atoms with E-state index in [-0.39, 0.29) is 17.3 Å². The number of nitrogens with one attached hydrogen (secondary N) is 1. The van der Waals surface area contributed by atoms with Crippen molar-refractivity contribution in [1.82, 2.24) is 15.5 Å². The fourth-order valence-electron chi connectivity index (χ4n) is 2.02. The first-order chi connectivity index (χ1) is 10.7. The minimum Gasteiger partial charge on any atom is -0.497 e. The van der Waals surface area contributed by atoms with Crippen molar-refractivity contribution in [2.45, 2.75) is 32.2 Å². The van der Waals surface area contributed by atoms with E-state index in [1.807, 2.05) is 0 Å². The molecule has 0 saturated carbocycles. The van der Waals surface area contributed by atoms with Gasteiger partial charge in [0.2, 0.25) is 5.91 Å². The number of amides is 1. The molecule has 0 saturated heterocycles. The van der Waals surface area contributed by atoms with Crippen molar-refractivity contribution in [3.63, 3.8) is 0 Å². The standard InChI is InChI=1S/C15H17F2N3O3/c1-9(21)19-14(2,3)12-18-13(23-20-12)15(16,17)10-5-7-11(22-4)8-6-10/h5-8H,1-4H3,(H,19,21). The Labute approximate surface area is 131 Å². The maximum absolute atomic E-state index is 14.5. The highest BCUT2D eigenvalue weighted by Crippen LogP contribution is 2.36. The molecule has 1 N–H and O–H groups in total. The molecule has 124 valence electrons. The summed E-state index contributed by atoms with van der Waals surface area (Å²) in [5.74, 6) is -4.19. The summed E-state index contributed by atoms with van der Waals surface area (Å²) in [6.45, 7) is 4.50. The summed E-state index contributed by atoms with van der Waals surface area (Å²) < 4.78 is 38.6. The van der Waals surface area contributed by atoms with Gasteiger partial charge in [-0.1, -0.05) is 5.16 Å². The number of hydrogen-bond acceptors (Lipinski definition) is 5. The van der Waals surface area contributed by atoms with Gasteiger partial charge in [-0.15, -0.1) is 0 Å². The first-order valence-electron chi connectivity index (χ1n) is 6.82. The summed E-state index contributed by atoms with van der Waals surface area (Å²) in [7, 11) is 1.45. The number of rotatable bonds is 5. The zero-order valence-electron chi connectivity index (χ0n) is 13.2. The molecule has 0 spiro atoms. The van der Waals surface area contributed by atoms with E-state index in [2.05, 4.69) is 15.5 Å². The normalized spacial score (nSPS) is 12.1. The number of ether oxygens (including phenoxy) is 1. The van der Waals surface area contributed by atoms with Crippen LogP contribution in [0.5, 0.6) is 5.75 Å². The summed E-state index contributed by atoms with van der Waals surface area (Å²) in [6.07, 6.45) is 0. The Hall–Kier alpha value is -2.51. The van der Waals surface area contributed by atoms with Gasteiger partial charge in [-0.3, -0.25) is 4.79 Å². The second-order valence-corrected chi connectivity index (χ2v) is 5.53. The minimum atomic E-state index is -3.45. The highest BCUT2D eigenvalue weighted by atomic mass is 19.3. The topological polar surface area (TPSA) is 77.2 Å². The third-order valence-electron chi connectivity index (χ3n) is 3.19. The minimum absolute atomic E-state index is 0.0316. The van der Waals surface area contributed by atoms with Crippen LogP contribution in [0.3, 0.4) is 0 Å². The Morgan fingerprint density at radius 1 is 1.26 bits per heavy atom. The largest absolute Gasteiger partial charge is 0.497 e.